The van der Waals surface area contributed by atoms with E-state index in [1.54, 1.807) is 0 Å². The van der Waals surface area contributed by atoms with Crippen molar-refractivity contribution < 1.29 is 4.79 Å². The summed E-state index contributed by atoms with van der Waals surface area (Å²) in [5.41, 5.74) is 0. The first-order valence-electron chi connectivity index (χ1n) is 7.85. The Morgan fingerprint density at radius 2 is 1.79 bits per heavy atom. The number of halogens is 1. The third-order valence-electron chi connectivity index (χ3n) is 4.53. The molecule has 4 heteroatoms. The second-order valence-electron chi connectivity index (χ2n) is 5.97. The van der Waals surface area contributed by atoms with E-state index in [4.69, 9.17) is 0 Å². The van der Waals surface area contributed by atoms with Crippen LogP contribution in [0.4, 0.5) is 0 Å². The number of hydrogen-bond donors (Lipinski definition) is 0. The highest BCUT2D eigenvalue weighted by atomic mass is 79.9. The standard InChI is InChI=1S/C15H27BrN2O/c16-7-10-17-8-4-9-18(12-11-17)15(19)13-14-5-2-1-3-6-14/h14H,1-13H2. The van der Waals surface area contributed by atoms with Crippen LogP contribution in [0.3, 0.4) is 0 Å². The van der Waals surface area contributed by atoms with Gasteiger partial charge in [0.05, 0.1) is 0 Å². The van der Waals surface area contributed by atoms with Gasteiger partial charge in [0.2, 0.25) is 5.91 Å². The topological polar surface area (TPSA) is 23.6 Å². The number of carbonyl (C=O) groups excluding carboxylic acids is 1. The molecule has 0 bridgehead atoms. The Kier molecular flexibility index (Phi) is 6.65. The molecule has 2 rings (SSSR count). The van der Waals surface area contributed by atoms with Crippen molar-refractivity contribution in [3.05, 3.63) is 0 Å². The molecule has 0 radical (unpaired) electrons. The van der Waals surface area contributed by atoms with E-state index in [0.717, 1.165) is 50.9 Å². The van der Waals surface area contributed by atoms with Gasteiger partial charge in [-0.05, 0) is 31.7 Å². The second kappa shape index (κ2) is 8.25. The van der Waals surface area contributed by atoms with Crippen LogP contribution in [-0.2, 0) is 4.79 Å². The summed E-state index contributed by atoms with van der Waals surface area (Å²) in [6.45, 7) is 5.17. The minimum atomic E-state index is 0.410. The van der Waals surface area contributed by atoms with E-state index in [-0.39, 0.29) is 0 Å². The minimum Gasteiger partial charge on any atom is -0.341 e. The summed E-state index contributed by atoms with van der Waals surface area (Å²) >= 11 is 3.50. The first-order chi connectivity index (χ1) is 9.29. The highest BCUT2D eigenvalue weighted by molar-refractivity contribution is 9.09. The van der Waals surface area contributed by atoms with Gasteiger partial charge in [-0.1, -0.05) is 35.2 Å². The van der Waals surface area contributed by atoms with Crippen LogP contribution in [0.25, 0.3) is 0 Å². The number of nitrogens with zero attached hydrogens (tertiary/aromatic N) is 2. The van der Waals surface area contributed by atoms with E-state index in [9.17, 15) is 4.79 Å². The molecule has 3 nitrogen and oxygen atoms in total. The van der Waals surface area contributed by atoms with Crippen LogP contribution in [-0.4, -0.2) is 53.8 Å². The Labute approximate surface area is 125 Å². The van der Waals surface area contributed by atoms with Crippen molar-refractivity contribution in [2.45, 2.75) is 44.9 Å². The van der Waals surface area contributed by atoms with Gasteiger partial charge in [0.25, 0.3) is 0 Å². The first-order valence-corrected chi connectivity index (χ1v) is 8.98. The van der Waals surface area contributed by atoms with E-state index in [0.29, 0.717) is 11.8 Å². The Balaban J connectivity index is 1.75. The Morgan fingerprint density at radius 1 is 1.00 bits per heavy atom. The Hall–Kier alpha value is -0.0900. The average Bonchev–Trinajstić information content (AvgIpc) is 2.66. The fourth-order valence-corrected chi connectivity index (χ4v) is 3.83. The molecule has 2 fully saturated rings. The van der Waals surface area contributed by atoms with E-state index >= 15 is 0 Å². The van der Waals surface area contributed by atoms with Gasteiger partial charge in [-0.3, -0.25) is 4.79 Å². The van der Waals surface area contributed by atoms with Crippen molar-refractivity contribution >= 4 is 21.8 Å². The Bertz CT molecular complexity index is 279. The number of carbonyl (C=O) groups is 1. The van der Waals surface area contributed by atoms with Crippen LogP contribution < -0.4 is 0 Å². The largest absolute Gasteiger partial charge is 0.341 e. The van der Waals surface area contributed by atoms with Crippen LogP contribution in [0.15, 0.2) is 0 Å². The fraction of sp³-hybridized carbons (Fsp3) is 0.933. The summed E-state index contributed by atoms with van der Waals surface area (Å²) < 4.78 is 0. The van der Waals surface area contributed by atoms with E-state index < -0.39 is 0 Å². The summed E-state index contributed by atoms with van der Waals surface area (Å²) in [7, 11) is 0. The number of hydrogen-bond acceptors (Lipinski definition) is 2. The molecular formula is C15H27BrN2O. The van der Waals surface area contributed by atoms with Crippen LogP contribution in [0, 0.1) is 5.92 Å². The van der Waals surface area contributed by atoms with Gasteiger partial charge >= 0.3 is 0 Å². The summed E-state index contributed by atoms with van der Waals surface area (Å²) in [6.07, 6.45) is 8.51. The molecule has 1 heterocycles. The van der Waals surface area contributed by atoms with Gasteiger partial charge in [0, 0.05) is 37.9 Å². The van der Waals surface area contributed by atoms with E-state index in [2.05, 4.69) is 25.7 Å². The lowest BCUT2D eigenvalue weighted by atomic mass is 9.86. The Morgan fingerprint density at radius 3 is 2.53 bits per heavy atom. The van der Waals surface area contributed by atoms with Crippen LogP contribution in [0.1, 0.15) is 44.9 Å². The maximum atomic E-state index is 12.4. The lowest BCUT2D eigenvalue weighted by Crippen LogP contribution is -2.36. The van der Waals surface area contributed by atoms with Gasteiger partial charge < -0.3 is 9.80 Å². The zero-order chi connectivity index (χ0) is 13.5. The lowest BCUT2D eigenvalue weighted by Gasteiger charge is -2.26. The van der Waals surface area contributed by atoms with Crippen molar-refractivity contribution in [3.8, 4) is 0 Å². The highest BCUT2D eigenvalue weighted by Gasteiger charge is 2.22. The lowest BCUT2D eigenvalue weighted by molar-refractivity contribution is -0.132. The molecule has 110 valence electrons. The zero-order valence-corrected chi connectivity index (χ0v) is 13.5. The summed E-state index contributed by atoms with van der Waals surface area (Å²) in [5.74, 6) is 1.08. The fourth-order valence-electron chi connectivity index (χ4n) is 3.33. The molecule has 0 unspecified atom stereocenters. The molecule has 0 aromatic carbocycles. The van der Waals surface area contributed by atoms with Crippen molar-refractivity contribution in [3.63, 3.8) is 0 Å². The predicted molar refractivity (Wildman–Crippen MR) is 82.6 cm³/mol. The number of alkyl halides is 1. The monoisotopic (exact) mass is 330 g/mol. The molecule has 1 amide bonds. The maximum Gasteiger partial charge on any atom is 0.222 e. The first kappa shape index (κ1) is 15.3. The molecule has 1 saturated carbocycles. The third-order valence-corrected chi connectivity index (χ3v) is 4.88. The quantitative estimate of drug-likeness (QED) is 0.740. The minimum absolute atomic E-state index is 0.410. The van der Waals surface area contributed by atoms with Gasteiger partial charge in [-0.2, -0.15) is 0 Å². The smallest absolute Gasteiger partial charge is 0.222 e. The molecule has 1 saturated heterocycles. The van der Waals surface area contributed by atoms with E-state index in [1.165, 1.54) is 32.1 Å². The summed E-state index contributed by atoms with van der Waals surface area (Å²) in [4.78, 5) is 17.0. The molecule has 0 aromatic heterocycles. The van der Waals surface area contributed by atoms with Crippen molar-refractivity contribution in [1.82, 2.24) is 9.80 Å². The van der Waals surface area contributed by atoms with Gasteiger partial charge in [-0.25, -0.2) is 0 Å². The molecule has 0 aromatic rings. The summed E-state index contributed by atoms with van der Waals surface area (Å²) in [6, 6.07) is 0. The normalized spacial score (nSPS) is 23.3. The molecule has 2 aliphatic rings. The number of amides is 1. The van der Waals surface area contributed by atoms with Gasteiger partial charge in [0.1, 0.15) is 0 Å². The average molecular weight is 331 g/mol. The van der Waals surface area contributed by atoms with Crippen molar-refractivity contribution in [2.75, 3.05) is 38.1 Å². The van der Waals surface area contributed by atoms with Gasteiger partial charge in [-0.15, -0.1) is 0 Å². The molecule has 0 N–H and O–H groups in total. The van der Waals surface area contributed by atoms with Crippen LogP contribution >= 0.6 is 15.9 Å². The summed E-state index contributed by atoms with van der Waals surface area (Å²) in [5, 5.41) is 1.03. The predicted octanol–water partition coefficient (Wildman–Crippen LogP) is 2.89. The van der Waals surface area contributed by atoms with Gasteiger partial charge in [0.15, 0.2) is 0 Å². The molecule has 0 spiro atoms. The SMILES string of the molecule is O=C(CC1CCCCC1)N1CCCN(CCBr)CC1. The third kappa shape index (κ3) is 5.07. The van der Waals surface area contributed by atoms with Crippen molar-refractivity contribution in [1.29, 1.82) is 0 Å². The molecule has 1 aliphatic carbocycles. The highest BCUT2D eigenvalue weighted by Crippen LogP contribution is 2.27. The van der Waals surface area contributed by atoms with Crippen LogP contribution in [0.5, 0.6) is 0 Å². The van der Waals surface area contributed by atoms with Crippen molar-refractivity contribution in [2.24, 2.45) is 5.92 Å². The maximum absolute atomic E-state index is 12.4. The molecule has 19 heavy (non-hydrogen) atoms. The molecule has 0 atom stereocenters. The second-order valence-corrected chi connectivity index (χ2v) is 6.77. The van der Waals surface area contributed by atoms with E-state index in [1.807, 2.05) is 0 Å². The molecule has 1 aliphatic heterocycles. The number of rotatable bonds is 4. The van der Waals surface area contributed by atoms with Crippen LogP contribution in [0.2, 0.25) is 0 Å². The zero-order valence-electron chi connectivity index (χ0n) is 12.0. The molecular weight excluding hydrogens is 304 g/mol.